The summed E-state index contributed by atoms with van der Waals surface area (Å²) in [5, 5.41) is 5.48. The average Bonchev–Trinajstić information content (AvgIpc) is 2.59. The van der Waals surface area contributed by atoms with Crippen molar-refractivity contribution in [3.63, 3.8) is 0 Å². The van der Waals surface area contributed by atoms with E-state index in [2.05, 4.69) is 15.5 Å². The second kappa shape index (κ2) is 7.31. The van der Waals surface area contributed by atoms with Crippen LogP contribution in [0.25, 0.3) is 0 Å². The second-order valence-corrected chi connectivity index (χ2v) is 6.39. The fourth-order valence-corrected chi connectivity index (χ4v) is 3.02. The Morgan fingerprint density at radius 1 is 1.38 bits per heavy atom. The van der Waals surface area contributed by atoms with Gasteiger partial charge in [0, 0.05) is 51.8 Å². The lowest BCUT2D eigenvalue weighted by Crippen LogP contribution is -2.52. The molecular formula is C15H18ClN5O2S. The first kappa shape index (κ1) is 16.9. The molecule has 7 nitrogen and oxygen atoms in total. The summed E-state index contributed by atoms with van der Waals surface area (Å²) < 4.78 is 5.56. The van der Waals surface area contributed by atoms with Crippen molar-refractivity contribution < 1.29 is 9.53 Å². The molecule has 1 amide bonds. The monoisotopic (exact) mass is 367 g/mol. The largest absolute Gasteiger partial charge is 0.491 e. The molecule has 24 heavy (non-hydrogen) atoms. The van der Waals surface area contributed by atoms with E-state index in [-0.39, 0.29) is 5.91 Å². The normalized spacial score (nSPS) is 18.8. The van der Waals surface area contributed by atoms with Crippen LogP contribution in [-0.4, -0.2) is 64.3 Å². The zero-order chi connectivity index (χ0) is 17.1. The van der Waals surface area contributed by atoms with Gasteiger partial charge in [0.05, 0.1) is 17.3 Å². The molecule has 1 N–H and O–H groups in total. The predicted octanol–water partition coefficient (Wildman–Crippen LogP) is 1.26. The van der Waals surface area contributed by atoms with Crippen LogP contribution < -0.4 is 10.2 Å². The maximum atomic E-state index is 11.4. The zero-order valence-electron chi connectivity index (χ0n) is 13.3. The summed E-state index contributed by atoms with van der Waals surface area (Å²) in [4.78, 5) is 19.5. The van der Waals surface area contributed by atoms with Gasteiger partial charge in [0.15, 0.2) is 5.11 Å². The van der Waals surface area contributed by atoms with Gasteiger partial charge in [-0.2, -0.15) is 5.10 Å². The number of carbonyl (C=O) groups is 1. The summed E-state index contributed by atoms with van der Waals surface area (Å²) in [7, 11) is 0. The van der Waals surface area contributed by atoms with Crippen molar-refractivity contribution in [3.05, 3.63) is 23.0 Å². The molecule has 3 rings (SSSR count). The first-order chi connectivity index (χ1) is 11.5. The Kier molecular flexibility index (Phi) is 5.15. The Bertz CT molecular complexity index is 688. The van der Waals surface area contributed by atoms with Crippen molar-refractivity contribution in [1.82, 2.24) is 20.2 Å². The molecule has 0 spiro atoms. The molecule has 0 unspecified atom stereocenters. The molecule has 1 aromatic rings. The van der Waals surface area contributed by atoms with Gasteiger partial charge in [0.2, 0.25) is 5.91 Å². The number of nitrogens with zero attached hydrogens (tertiary/aromatic N) is 4. The van der Waals surface area contributed by atoms with E-state index in [1.807, 2.05) is 9.80 Å². The van der Waals surface area contributed by atoms with Crippen LogP contribution in [-0.2, 0) is 4.79 Å². The third-order valence-corrected chi connectivity index (χ3v) is 4.54. The van der Waals surface area contributed by atoms with Gasteiger partial charge in [-0.1, -0.05) is 11.6 Å². The zero-order valence-corrected chi connectivity index (χ0v) is 14.9. The van der Waals surface area contributed by atoms with E-state index >= 15 is 0 Å². The highest BCUT2D eigenvalue weighted by Crippen LogP contribution is 2.25. The van der Waals surface area contributed by atoms with Gasteiger partial charge < -0.3 is 14.5 Å². The molecule has 0 aliphatic carbocycles. The fraction of sp³-hybridized carbons (Fsp3) is 0.467. The Labute approximate surface area is 150 Å². The van der Waals surface area contributed by atoms with Crippen molar-refractivity contribution in [2.45, 2.75) is 13.3 Å². The standard InChI is InChI=1S/C15H18ClN5O2S/c1-10(22)20-3-5-21(6-4-20)15(24)19-18-12-2-7-23-13-8-11(16)9-17-14(12)13/h8-9H,2-7H2,1H3,(H,19,24)/b18-12-. The van der Waals surface area contributed by atoms with Gasteiger partial charge >= 0.3 is 0 Å². The van der Waals surface area contributed by atoms with E-state index in [4.69, 9.17) is 28.6 Å². The number of hydrogen-bond donors (Lipinski definition) is 1. The number of carbonyl (C=O) groups excluding carboxylic acids is 1. The Morgan fingerprint density at radius 3 is 2.79 bits per heavy atom. The van der Waals surface area contributed by atoms with Crippen molar-refractivity contribution in [3.8, 4) is 5.75 Å². The first-order valence-corrected chi connectivity index (χ1v) is 8.49. The molecular weight excluding hydrogens is 350 g/mol. The molecule has 0 saturated carbocycles. The average molecular weight is 368 g/mol. The highest BCUT2D eigenvalue weighted by atomic mass is 35.5. The van der Waals surface area contributed by atoms with Crippen LogP contribution in [0.15, 0.2) is 17.4 Å². The number of aromatic nitrogens is 1. The summed E-state index contributed by atoms with van der Waals surface area (Å²) in [5.41, 5.74) is 4.41. The number of piperazine rings is 1. The molecule has 128 valence electrons. The minimum absolute atomic E-state index is 0.0947. The first-order valence-electron chi connectivity index (χ1n) is 7.70. The van der Waals surface area contributed by atoms with Crippen LogP contribution in [0.1, 0.15) is 19.0 Å². The molecule has 1 saturated heterocycles. The fourth-order valence-electron chi connectivity index (χ4n) is 2.64. The lowest BCUT2D eigenvalue weighted by molar-refractivity contribution is -0.130. The van der Waals surface area contributed by atoms with Crippen LogP contribution in [0.5, 0.6) is 5.75 Å². The number of hydrogen-bond acceptors (Lipinski definition) is 5. The SMILES string of the molecule is CC(=O)N1CCN(C(=S)N/N=C2/CCOc3cc(Cl)cnc32)CC1. The number of nitrogens with one attached hydrogen (secondary N) is 1. The Balaban J connectivity index is 1.63. The number of hydrazone groups is 1. The van der Waals surface area contributed by atoms with Gasteiger partial charge in [-0.15, -0.1) is 0 Å². The summed E-state index contributed by atoms with van der Waals surface area (Å²) in [6.07, 6.45) is 2.22. The number of ether oxygens (including phenoxy) is 1. The van der Waals surface area contributed by atoms with Crippen molar-refractivity contribution in [1.29, 1.82) is 0 Å². The summed E-state index contributed by atoms with van der Waals surface area (Å²) in [6, 6.07) is 1.73. The van der Waals surface area contributed by atoms with E-state index in [1.165, 1.54) is 0 Å². The Hall–Kier alpha value is -1.93. The van der Waals surface area contributed by atoms with Crippen LogP contribution in [0, 0.1) is 0 Å². The molecule has 2 aliphatic heterocycles. The Morgan fingerprint density at radius 2 is 2.08 bits per heavy atom. The van der Waals surface area contributed by atoms with E-state index in [0.717, 1.165) is 5.71 Å². The van der Waals surface area contributed by atoms with E-state index in [0.29, 0.717) is 60.8 Å². The van der Waals surface area contributed by atoms with Crippen molar-refractivity contribution >= 4 is 40.6 Å². The van der Waals surface area contributed by atoms with Crippen molar-refractivity contribution in [2.75, 3.05) is 32.8 Å². The van der Waals surface area contributed by atoms with Crippen LogP contribution >= 0.6 is 23.8 Å². The molecule has 9 heteroatoms. The topological polar surface area (TPSA) is 70.1 Å². The van der Waals surface area contributed by atoms with Crippen LogP contribution in [0.3, 0.4) is 0 Å². The molecule has 0 aromatic carbocycles. The lowest BCUT2D eigenvalue weighted by Gasteiger charge is -2.35. The van der Waals surface area contributed by atoms with Crippen molar-refractivity contribution in [2.24, 2.45) is 5.10 Å². The number of rotatable bonds is 1. The minimum Gasteiger partial charge on any atom is -0.491 e. The maximum absolute atomic E-state index is 11.4. The van der Waals surface area contributed by atoms with Gasteiger partial charge in [-0.3, -0.25) is 10.2 Å². The number of halogens is 1. The molecule has 2 aliphatic rings. The molecule has 0 bridgehead atoms. The van der Waals surface area contributed by atoms with Gasteiger partial charge in [0.25, 0.3) is 0 Å². The molecule has 1 aromatic heterocycles. The number of pyridine rings is 1. The highest BCUT2D eigenvalue weighted by molar-refractivity contribution is 7.80. The number of thiocarbonyl (C=S) groups is 1. The third-order valence-electron chi connectivity index (χ3n) is 3.99. The van der Waals surface area contributed by atoms with Gasteiger partial charge in [-0.05, 0) is 12.2 Å². The lowest BCUT2D eigenvalue weighted by atomic mass is 10.1. The molecule has 3 heterocycles. The molecule has 0 radical (unpaired) electrons. The van der Waals surface area contributed by atoms with E-state index < -0.39 is 0 Å². The smallest absolute Gasteiger partial charge is 0.219 e. The van der Waals surface area contributed by atoms with E-state index in [9.17, 15) is 4.79 Å². The van der Waals surface area contributed by atoms with Crippen LogP contribution in [0.4, 0.5) is 0 Å². The van der Waals surface area contributed by atoms with Gasteiger partial charge in [0.1, 0.15) is 11.4 Å². The number of amides is 1. The quantitative estimate of drug-likeness (QED) is 0.595. The van der Waals surface area contributed by atoms with Crippen LogP contribution in [0.2, 0.25) is 5.02 Å². The predicted molar refractivity (Wildman–Crippen MR) is 95.5 cm³/mol. The molecule has 1 fully saturated rings. The number of fused-ring (bicyclic) bond motifs is 1. The second-order valence-electron chi connectivity index (χ2n) is 5.57. The third kappa shape index (κ3) is 3.76. The highest BCUT2D eigenvalue weighted by Gasteiger charge is 2.22. The summed E-state index contributed by atoms with van der Waals surface area (Å²) in [5.74, 6) is 0.729. The molecule has 0 atom stereocenters. The summed E-state index contributed by atoms with van der Waals surface area (Å²) in [6.45, 7) is 4.85. The maximum Gasteiger partial charge on any atom is 0.219 e. The van der Waals surface area contributed by atoms with Gasteiger partial charge in [-0.25, -0.2) is 4.98 Å². The minimum atomic E-state index is 0.0947. The van der Waals surface area contributed by atoms with E-state index in [1.54, 1.807) is 19.2 Å². The summed E-state index contributed by atoms with van der Waals surface area (Å²) >= 11 is 11.3.